The Bertz CT molecular complexity index is 720. The van der Waals surface area contributed by atoms with Crippen LogP contribution in [0.5, 0.6) is 0 Å². The Kier molecular flexibility index (Phi) is 3.62. The first kappa shape index (κ1) is 13.0. The second-order valence-electron chi connectivity index (χ2n) is 4.52. The molecule has 0 aliphatic carbocycles. The van der Waals surface area contributed by atoms with Crippen molar-refractivity contribution in [1.29, 1.82) is 0 Å². The van der Waals surface area contributed by atoms with Crippen LogP contribution in [0.15, 0.2) is 59.0 Å². The van der Waals surface area contributed by atoms with Crippen molar-refractivity contribution >= 4 is 22.7 Å². The van der Waals surface area contributed by atoms with E-state index in [0.29, 0.717) is 0 Å². The van der Waals surface area contributed by atoms with Crippen molar-refractivity contribution in [3.8, 4) is 0 Å². The molecule has 0 aliphatic rings. The van der Waals surface area contributed by atoms with Gasteiger partial charge in [0.1, 0.15) is 16.4 Å². The van der Waals surface area contributed by atoms with E-state index in [1.807, 2.05) is 49.5 Å². The smallest absolute Gasteiger partial charge is 0.117 e. The predicted octanol–water partition coefficient (Wildman–Crippen LogP) is 3.20. The summed E-state index contributed by atoms with van der Waals surface area (Å²) in [5.74, 6) is 0. The van der Waals surface area contributed by atoms with Gasteiger partial charge in [-0.2, -0.15) is 0 Å². The van der Waals surface area contributed by atoms with Gasteiger partial charge >= 0.3 is 0 Å². The van der Waals surface area contributed by atoms with E-state index in [4.69, 9.17) is 5.73 Å². The maximum absolute atomic E-state index is 5.82. The van der Waals surface area contributed by atoms with Gasteiger partial charge in [0.15, 0.2) is 0 Å². The summed E-state index contributed by atoms with van der Waals surface area (Å²) in [6, 6.07) is 11.9. The molecule has 0 saturated heterocycles. The highest BCUT2D eigenvalue weighted by atomic mass is 32.2. The van der Waals surface area contributed by atoms with Crippen molar-refractivity contribution < 1.29 is 0 Å². The lowest BCUT2D eigenvalue weighted by molar-refractivity contribution is 0.806. The van der Waals surface area contributed by atoms with Crippen LogP contribution in [0.3, 0.4) is 0 Å². The molecule has 0 radical (unpaired) electrons. The minimum atomic E-state index is 0.00132. The Labute approximate surface area is 121 Å². The average molecular weight is 282 g/mol. The van der Waals surface area contributed by atoms with Crippen LogP contribution in [0, 0.1) is 0 Å². The Balaban J connectivity index is 1.93. The molecule has 0 spiro atoms. The number of hydrogen-bond acceptors (Lipinski definition) is 5. The monoisotopic (exact) mass is 282 g/mol. The van der Waals surface area contributed by atoms with E-state index in [9.17, 15) is 0 Å². The van der Waals surface area contributed by atoms with Crippen molar-refractivity contribution in [2.75, 3.05) is 0 Å². The standard InChI is InChI=1S/C15H14N4S/c1-10(16)11-6-7-14(17-8-11)20-15-12-4-2-3-5-13(12)18-9-19-15/h2-10H,16H2,1H3/t10-/m0/s1. The van der Waals surface area contributed by atoms with Gasteiger partial charge < -0.3 is 5.73 Å². The third-order valence-corrected chi connectivity index (χ3v) is 3.96. The highest BCUT2D eigenvalue weighted by Gasteiger charge is 2.07. The number of benzene rings is 1. The largest absolute Gasteiger partial charge is 0.324 e. The molecule has 0 fully saturated rings. The van der Waals surface area contributed by atoms with Crippen LogP contribution in [0.25, 0.3) is 10.9 Å². The van der Waals surface area contributed by atoms with Crippen molar-refractivity contribution in [2.24, 2.45) is 5.73 Å². The van der Waals surface area contributed by atoms with Gasteiger partial charge in [-0.1, -0.05) is 24.3 Å². The number of para-hydroxylation sites is 1. The predicted molar refractivity (Wildman–Crippen MR) is 80.5 cm³/mol. The minimum absolute atomic E-state index is 0.00132. The van der Waals surface area contributed by atoms with Gasteiger partial charge in [-0.05, 0) is 36.4 Å². The Morgan fingerprint density at radius 2 is 1.90 bits per heavy atom. The van der Waals surface area contributed by atoms with E-state index in [1.165, 1.54) is 11.8 Å². The molecule has 1 aromatic carbocycles. The number of aromatic nitrogens is 3. The molecule has 0 saturated carbocycles. The zero-order valence-corrected chi connectivity index (χ0v) is 11.8. The van der Waals surface area contributed by atoms with Gasteiger partial charge in [-0.3, -0.25) is 0 Å². The molecule has 0 amide bonds. The summed E-state index contributed by atoms with van der Waals surface area (Å²) in [5, 5.41) is 2.85. The molecule has 2 N–H and O–H groups in total. The van der Waals surface area contributed by atoms with Gasteiger partial charge in [0.2, 0.25) is 0 Å². The van der Waals surface area contributed by atoms with E-state index in [1.54, 1.807) is 6.33 Å². The quantitative estimate of drug-likeness (QED) is 0.747. The van der Waals surface area contributed by atoms with Crippen molar-refractivity contribution in [2.45, 2.75) is 23.0 Å². The lowest BCUT2D eigenvalue weighted by atomic mass is 10.2. The minimum Gasteiger partial charge on any atom is -0.324 e. The third-order valence-electron chi connectivity index (χ3n) is 2.99. The van der Waals surface area contributed by atoms with Crippen LogP contribution < -0.4 is 5.73 Å². The summed E-state index contributed by atoms with van der Waals surface area (Å²) in [6.45, 7) is 1.95. The molecule has 0 bridgehead atoms. The fourth-order valence-electron chi connectivity index (χ4n) is 1.88. The van der Waals surface area contributed by atoms with Gasteiger partial charge in [-0.15, -0.1) is 0 Å². The van der Waals surface area contributed by atoms with Crippen molar-refractivity contribution in [3.05, 3.63) is 54.5 Å². The number of fused-ring (bicyclic) bond motifs is 1. The lowest BCUT2D eigenvalue weighted by Crippen LogP contribution is -2.04. The Morgan fingerprint density at radius 1 is 1.05 bits per heavy atom. The first-order valence-corrected chi connectivity index (χ1v) is 7.15. The number of hydrogen-bond donors (Lipinski definition) is 1. The van der Waals surface area contributed by atoms with Crippen LogP contribution in [0.2, 0.25) is 0 Å². The Hall–Kier alpha value is -1.98. The fourth-order valence-corrected chi connectivity index (χ4v) is 2.70. The normalized spacial score (nSPS) is 12.5. The van der Waals surface area contributed by atoms with Crippen LogP contribution >= 0.6 is 11.8 Å². The summed E-state index contributed by atoms with van der Waals surface area (Å²) in [7, 11) is 0. The van der Waals surface area contributed by atoms with Gasteiger partial charge in [0.05, 0.1) is 5.52 Å². The lowest BCUT2D eigenvalue weighted by Gasteiger charge is -2.06. The highest BCUT2D eigenvalue weighted by molar-refractivity contribution is 7.99. The topological polar surface area (TPSA) is 64.7 Å². The second-order valence-corrected chi connectivity index (χ2v) is 5.53. The van der Waals surface area contributed by atoms with Crippen LogP contribution in [-0.2, 0) is 0 Å². The molecular weight excluding hydrogens is 268 g/mol. The van der Waals surface area contributed by atoms with Gasteiger partial charge in [0, 0.05) is 17.6 Å². The van der Waals surface area contributed by atoms with Gasteiger partial charge in [0.25, 0.3) is 0 Å². The average Bonchev–Trinajstić information content (AvgIpc) is 2.48. The number of nitrogens with two attached hydrogens (primary N) is 1. The van der Waals surface area contributed by atoms with Crippen molar-refractivity contribution in [1.82, 2.24) is 15.0 Å². The number of nitrogens with zero attached hydrogens (tertiary/aromatic N) is 3. The van der Waals surface area contributed by atoms with E-state index < -0.39 is 0 Å². The van der Waals surface area contributed by atoms with Gasteiger partial charge in [-0.25, -0.2) is 15.0 Å². The molecule has 2 heterocycles. The van der Waals surface area contributed by atoms with Crippen molar-refractivity contribution in [3.63, 3.8) is 0 Å². The molecule has 20 heavy (non-hydrogen) atoms. The summed E-state index contributed by atoms with van der Waals surface area (Å²) in [6.07, 6.45) is 3.40. The van der Waals surface area contributed by atoms with E-state index >= 15 is 0 Å². The summed E-state index contributed by atoms with van der Waals surface area (Å²) < 4.78 is 0. The molecule has 100 valence electrons. The molecule has 0 aliphatic heterocycles. The highest BCUT2D eigenvalue weighted by Crippen LogP contribution is 2.29. The first-order chi connectivity index (χ1) is 9.74. The molecular formula is C15H14N4S. The zero-order valence-electron chi connectivity index (χ0n) is 11.0. The number of pyridine rings is 1. The van der Waals surface area contributed by atoms with Crippen LogP contribution in [0.1, 0.15) is 18.5 Å². The van der Waals surface area contributed by atoms with E-state index in [0.717, 1.165) is 26.5 Å². The van der Waals surface area contributed by atoms with Crippen LogP contribution in [0.4, 0.5) is 0 Å². The fraction of sp³-hybridized carbons (Fsp3) is 0.133. The summed E-state index contributed by atoms with van der Waals surface area (Å²) in [4.78, 5) is 13.0. The molecule has 3 aromatic rings. The molecule has 4 nitrogen and oxygen atoms in total. The third kappa shape index (κ3) is 2.64. The first-order valence-electron chi connectivity index (χ1n) is 6.33. The van der Waals surface area contributed by atoms with E-state index in [-0.39, 0.29) is 6.04 Å². The number of rotatable bonds is 3. The summed E-state index contributed by atoms with van der Waals surface area (Å²) in [5.41, 5.74) is 7.79. The zero-order chi connectivity index (χ0) is 13.9. The molecule has 2 aromatic heterocycles. The summed E-state index contributed by atoms with van der Waals surface area (Å²) >= 11 is 1.53. The van der Waals surface area contributed by atoms with Crippen LogP contribution in [-0.4, -0.2) is 15.0 Å². The molecule has 3 rings (SSSR count). The maximum Gasteiger partial charge on any atom is 0.117 e. The Morgan fingerprint density at radius 3 is 2.65 bits per heavy atom. The second kappa shape index (κ2) is 5.56. The SMILES string of the molecule is C[C@H](N)c1ccc(Sc2ncnc3ccccc23)nc1. The van der Waals surface area contributed by atoms with E-state index in [2.05, 4.69) is 15.0 Å². The maximum atomic E-state index is 5.82. The molecule has 5 heteroatoms. The molecule has 0 unspecified atom stereocenters. The molecule has 1 atom stereocenters.